The van der Waals surface area contributed by atoms with Crippen molar-refractivity contribution >= 4 is 11.6 Å². The predicted octanol–water partition coefficient (Wildman–Crippen LogP) is 1.64. The summed E-state index contributed by atoms with van der Waals surface area (Å²) in [5.41, 5.74) is 0.501. The van der Waals surface area contributed by atoms with Gasteiger partial charge in [-0.2, -0.15) is 0 Å². The smallest absolute Gasteiger partial charge is 0.255 e. The molecule has 1 aromatic carbocycles. The maximum Gasteiger partial charge on any atom is 0.255 e. The van der Waals surface area contributed by atoms with Crippen molar-refractivity contribution in [3.63, 3.8) is 0 Å². The number of aromatic nitrogens is 1. The molecule has 0 bridgehead atoms. The molecule has 104 valence electrons. The number of hydrogen-bond donors (Lipinski definition) is 2. The van der Waals surface area contributed by atoms with Crippen molar-refractivity contribution in [2.45, 2.75) is 0 Å². The molecule has 0 aliphatic heterocycles. The summed E-state index contributed by atoms with van der Waals surface area (Å²) in [6.45, 7) is 0. The fourth-order valence-corrected chi connectivity index (χ4v) is 1.70. The Bertz CT molecular complexity index is 679. The van der Waals surface area contributed by atoms with Crippen LogP contribution in [0.15, 0.2) is 41.3 Å². The minimum Gasteiger partial charge on any atom is -0.493 e. The van der Waals surface area contributed by atoms with Gasteiger partial charge in [-0.1, -0.05) is 0 Å². The molecule has 6 nitrogen and oxygen atoms in total. The van der Waals surface area contributed by atoms with Gasteiger partial charge >= 0.3 is 0 Å². The van der Waals surface area contributed by atoms with E-state index in [1.165, 1.54) is 32.5 Å². The zero-order valence-corrected chi connectivity index (χ0v) is 11.1. The lowest BCUT2D eigenvalue weighted by Crippen LogP contribution is -2.15. The Morgan fingerprint density at radius 3 is 2.50 bits per heavy atom. The van der Waals surface area contributed by atoms with E-state index < -0.39 is 0 Å². The summed E-state index contributed by atoms with van der Waals surface area (Å²) in [5.74, 6) is 0.709. The van der Waals surface area contributed by atoms with Crippen LogP contribution in [0.4, 0.5) is 5.69 Å². The van der Waals surface area contributed by atoms with Crippen molar-refractivity contribution in [2.24, 2.45) is 0 Å². The highest BCUT2D eigenvalue weighted by atomic mass is 16.5. The molecule has 0 saturated heterocycles. The van der Waals surface area contributed by atoms with Crippen LogP contribution in [0.3, 0.4) is 0 Å². The maximum absolute atomic E-state index is 12.0. The number of methoxy groups -OCH3 is 2. The molecule has 6 heteroatoms. The number of amides is 1. The van der Waals surface area contributed by atoms with Gasteiger partial charge in [0.15, 0.2) is 11.5 Å². The second-order valence-electron chi connectivity index (χ2n) is 3.97. The zero-order chi connectivity index (χ0) is 14.5. The number of ether oxygens (including phenoxy) is 2. The first-order chi connectivity index (χ1) is 9.63. The number of pyridine rings is 1. The fourth-order valence-electron chi connectivity index (χ4n) is 1.70. The molecule has 2 rings (SSSR count). The van der Waals surface area contributed by atoms with Crippen LogP contribution in [0, 0.1) is 0 Å². The fraction of sp³-hybridized carbons (Fsp3) is 0.143. The van der Waals surface area contributed by atoms with Crippen LogP contribution in [0.25, 0.3) is 0 Å². The van der Waals surface area contributed by atoms with Gasteiger partial charge in [-0.3, -0.25) is 9.59 Å². The Morgan fingerprint density at radius 2 is 1.85 bits per heavy atom. The molecule has 0 saturated carbocycles. The first-order valence-corrected chi connectivity index (χ1v) is 5.86. The van der Waals surface area contributed by atoms with E-state index in [0.29, 0.717) is 17.2 Å². The third-order valence-electron chi connectivity index (χ3n) is 2.68. The number of H-pyrrole nitrogens is 1. The number of carbonyl (C=O) groups excluding carboxylic acids is 1. The lowest BCUT2D eigenvalue weighted by Gasteiger charge is -2.10. The van der Waals surface area contributed by atoms with Gasteiger partial charge in [0, 0.05) is 29.6 Å². The molecule has 0 aliphatic rings. The summed E-state index contributed by atoms with van der Waals surface area (Å²) in [5, 5.41) is 2.68. The summed E-state index contributed by atoms with van der Waals surface area (Å²) in [6.07, 6.45) is 1.42. The minimum absolute atomic E-state index is 0.281. The van der Waals surface area contributed by atoms with Crippen LogP contribution < -0.4 is 20.3 Å². The van der Waals surface area contributed by atoms with E-state index in [4.69, 9.17) is 9.47 Å². The average Bonchev–Trinajstić information content (AvgIpc) is 2.47. The molecular formula is C14H14N2O4. The Kier molecular flexibility index (Phi) is 4.05. The van der Waals surface area contributed by atoms with Crippen LogP contribution in [0.1, 0.15) is 10.4 Å². The molecule has 1 heterocycles. The molecule has 0 fully saturated rings. The lowest BCUT2D eigenvalue weighted by molar-refractivity contribution is 0.102. The van der Waals surface area contributed by atoms with Crippen molar-refractivity contribution in [1.29, 1.82) is 0 Å². The van der Waals surface area contributed by atoms with E-state index >= 15 is 0 Å². The average molecular weight is 274 g/mol. The summed E-state index contributed by atoms with van der Waals surface area (Å²) >= 11 is 0. The molecular weight excluding hydrogens is 260 g/mol. The van der Waals surface area contributed by atoms with Gasteiger partial charge in [-0.15, -0.1) is 0 Å². The Morgan fingerprint density at radius 1 is 1.10 bits per heavy atom. The Balaban J connectivity index is 2.22. The summed E-state index contributed by atoms with van der Waals surface area (Å²) in [4.78, 5) is 25.6. The number of carbonyl (C=O) groups is 1. The monoisotopic (exact) mass is 274 g/mol. The molecule has 0 unspecified atom stereocenters. The molecule has 0 aliphatic carbocycles. The molecule has 0 radical (unpaired) electrons. The van der Waals surface area contributed by atoms with Gasteiger partial charge in [0.1, 0.15) is 0 Å². The van der Waals surface area contributed by atoms with Crippen molar-refractivity contribution in [3.05, 3.63) is 52.4 Å². The molecule has 2 N–H and O–H groups in total. The number of aromatic amines is 1. The topological polar surface area (TPSA) is 80.4 Å². The largest absolute Gasteiger partial charge is 0.493 e. The molecule has 0 atom stereocenters. The Labute approximate surface area is 115 Å². The number of anilines is 1. The standard InChI is InChI=1S/C14H14N2O4/c1-19-11-4-3-10(8-12(11)20-2)16-14(18)9-5-6-15-13(17)7-9/h3-8H,1-2H3,(H,15,17)(H,16,18). The quantitative estimate of drug-likeness (QED) is 0.888. The van der Waals surface area contributed by atoms with E-state index in [1.807, 2.05) is 0 Å². The van der Waals surface area contributed by atoms with Gasteiger partial charge in [-0.25, -0.2) is 0 Å². The van der Waals surface area contributed by atoms with E-state index in [0.717, 1.165) is 0 Å². The van der Waals surface area contributed by atoms with Crippen molar-refractivity contribution in [2.75, 3.05) is 19.5 Å². The highest BCUT2D eigenvalue weighted by molar-refractivity contribution is 6.04. The summed E-state index contributed by atoms with van der Waals surface area (Å²) in [6, 6.07) is 7.77. The van der Waals surface area contributed by atoms with Gasteiger partial charge in [0.25, 0.3) is 5.91 Å². The van der Waals surface area contributed by atoms with Crippen molar-refractivity contribution in [3.8, 4) is 11.5 Å². The normalized spacial score (nSPS) is 9.90. The lowest BCUT2D eigenvalue weighted by atomic mass is 10.2. The summed E-state index contributed by atoms with van der Waals surface area (Å²) < 4.78 is 10.3. The van der Waals surface area contributed by atoms with Crippen molar-refractivity contribution in [1.82, 2.24) is 4.98 Å². The SMILES string of the molecule is COc1ccc(NC(=O)c2cc[nH]c(=O)c2)cc1OC. The molecule has 1 aromatic heterocycles. The van der Waals surface area contributed by atoms with Gasteiger partial charge in [-0.05, 0) is 18.2 Å². The number of hydrogen-bond acceptors (Lipinski definition) is 4. The van der Waals surface area contributed by atoms with Crippen LogP contribution in [0.5, 0.6) is 11.5 Å². The van der Waals surface area contributed by atoms with Crippen LogP contribution >= 0.6 is 0 Å². The zero-order valence-electron chi connectivity index (χ0n) is 11.1. The number of benzene rings is 1. The van der Waals surface area contributed by atoms with Gasteiger partial charge in [0.05, 0.1) is 14.2 Å². The van der Waals surface area contributed by atoms with Crippen molar-refractivity contribution < 1.29 is 14.3 Å². The van der Waals surface area contributed by atoms with Crippen LogP contribution in [-0.4, -0.2) is 25.1 Å². The highest BCUT2D eigenvalue weighted by Gasteiger charge is 2.09. The third-order valence-corrected chi connectivity index (χ3v) is 2.68. The summed E-state index contributed by atoms with van der Waals surface area (Å²) in [7, 11) is 3.05. The first kappa shape index (κ1) is 13.7. The second-order valence-corrected chi connectivity index (χ2v) is 3.97. The highest BCUT2D eigenvalue weighted by Crippen LogP contribution is 2.29. The minimum atomic E-state index is -0.372. The van der Waals surface area contributed by atoms with Gasteiger partial charge < -0.3 is 19.8 Å². The van der Waals surface area contributed by atoms with E-state index in [2.05, 4.69) is 10.3 Å². The van der Waals surface area contributed by atoms with E-state index in [1.54, 1.807) is 18.2 Å². The molecule has 2 aromatic rings. The van der Waals surface area contributed by atoms with E-state index in [-0.39, 0.29) is 17.0 Å². The molecule has 20 heavy (non-hydrogen) atoms. The third kappa shape index (κ3) is 2.97. The molecule has 1 amide bonds. The number of nitrogens with one attached hydrogen (secondary N) is 2. The maximum atomic E-state index is 12.0. The molecule has 0 spiro atoms. The van der Waals surface area contributed by atoms with Gasteiger partial charge in [0.2, 0.25) is 5.56 Å². The first-order valence-electron chi connectivity index (χ1n) is 5.86. The van der Waals surface area contributed by atoms with E-state index in [9.17, 15) is 9.59 Å². The predicted molar refractivity (Wildman–Crippen MR) is 74.6 cm³/mol. The van der Waals surface area contributed by atoms with Crippen LogP contribution in [0.2, 0.25) is 0 Å². The second kappa shape index (κ2) is 5.92. The van der Waals surface area contributed by atoms with Crippen LogP contribution in [-0.2, 0) is 0 Å². The number of rotatable bonds is 4. The Hall–Kier alpha value is -2.76.